The molecule has 0 radical (unpaired) electrons. The summed E-state index contributed by atoms with van der Waals surface area (Å²) in [6.45, 7) is 20.8. The van der Waals surface area contributed by atoms with E-state index < -0.39 is 10.1 Å². The Bertz CT molecular complexity index is 1430. The third-order valence-electron chi connectivity index (χ3n) is 15.2. The normalized spacial score (nSPS) is 44.5. The van der Waals surface area contributed by atoms with Gasteiger partial charge in [-0.3, -0.25) is 8.98 Å². The fourth-order valence-electron chi connectivity index (χ4n) is 12.8. The van der Waals surface area contributed by atoms with Gasteiger partial charge in [-0.1, -0.05) is 64.5 Å². The smallest absolute Gasteiger partial charge is 0.312 e. The zero-order chi connectivity index (χ0) is 32.1. The highest BCUT2D eigenvalue weighted by Crippen LogP contribution is 2.77. The van der Waals surface area contributed by atoms with Crippen molar-refractivity contribution in [3.63, 3.8) is 0 Å². The first-order chi connectivity index (χ1) is 20.5. The van der Waals surface area contributed by atoms with E-state index in [2.05, 4.69) is 48.1 Å². The molecule has 0 unspecified atom stereocenters. The van der Waals surface area contributed by atoms with Crippen LogP contribution in [0.2, 0.25) is 0 Å². The number of rotatable bonds is 5. The van der Waals surface area contributed by atoms with Crippen LogP contribution in [0, 0.1) is 63.6 Å². The highest BCUT2D eigenvalue weighted by atomic mass is 32.2. The maximum atomic E-state index is 13.5. The monoisotopic (exact) mass is 624 g/mol. The van der Waals surface area contributed by atoms with Crippen LogP contribution in [-0.4, -0.2) is 27.6 Å². The number of esters is 1. The molecule has 5 nitrogen and oxygen atoms in total. The highest BCUT2D eigenvalue weighted by molar-refractivity contribution is 7.86. The quantitative estimate of drug-likeness (QED) is 0.186. The SMILES string of the molecule is C=C(C)[C@@H]1CC[C@]2(C(=O)OC)CC[C@]3(C)[C@H](CC[C@@H]4[C@@]5(C)CC[C@H](OS(=O)(=O)c6ccc(C)cc6)C(C)(C)[C@H]5CC[C@]43C)[C@H]12. The first-order valence-electron chi connectivity index (χ1n) is 17.2. The van der Waals surface area contributed by atoms with E-state index in [1.165, 1.54) is 12.0 Å². The number of carbonyl (C=O) groups excluding carboxylic acids is 1. The van der Waals surface area contributed by atoms with E-state index >= 15 is 0 Å². The Morgan fingerprint density at radius 1 is 0.841 bits per heavy atom. The number of hydrogen-bond donors (Lipinski definition) is 0. The maximum absolute atomic E-state index is 13.5. The van der Waals surface area contributed by atoms with Crippen LogP contribution in [0.5, 0.6) is 0 Å². The minimum atomic E-state index is -3.85. The first-order valence-corrected chi connectivity index (χ1v) is 18.6. The zero-order valence-corrected chi connectivity index (χ0v) is 29.3. The Hall–Kier alpha value is -1.66. The summed E-state index contributed by atoms with van der Waals surface area (Å²) in [5.74, 6) is 2.12. The van der Waals surface area contributed by atoms with E-state index in [9.17, 15) is 13.2 Å². The van der Waals surface area contributed by atoms with E-state index in [0.717, 1.165) is 63.4 Å². The summed E-state index contributed by atoms with van der Waals surface area (Å²) in [4.78, 5) is 13.8. The number of methoxy groups -OCH3 is 1. The molecule has 10 atom stereocenters. The Morgan fingerprint density at radius 2 is 1.52 bits per heavy atom. The summed E-state index contributed by atoms with van der Waals surface area (Å²) in [5, 5.41) is 0. The van der Waals surface area contributed by atoms with Crippen LogP contribution in [0.25, 0.3) is 0 Å². The van der Waals surface area contributed by atoms with Crippen LogP contribution in [-0.2, 0) is 23.8 Å². The molecule has 5 saturated carbocycles. The molecule has 0 spiro atoms. The van der Waals surface area contributed by atoms with Crippen LogP contribution in [0.15, 0.2) is 41.3 Å². The topological polar surface area (TPSA) is 69.7 Å². The Labute approximate surface area is 267 Å². The summed E-state index contributed by atoms with van der Waals surface area (Å²) >= 11 is 0. The van der Waals surface area contributed by atoms with E-state index in [4.69, 9.17) is 8.92 Å². The summed E-state index contributed by atoms with van der Waals surface area (Å²) in [6, 6.07) is 7.00. The van der Waals surface area contributed by atoms with Gasteiger partial charge in [-0.2, -0.15) is 8.42 Å². The lowest BCUT2D eigenvalue weighted by Crippen LogP contribution is -2.67. The van der Waals surface area contributed by atoms with Gasteiger partial charge in [0, 0.05) is 0 Å². The van der Waals surface area contributed by atoms with Gasteiger partial charge >= 0.3 is 5.97 Å². The van der Waals surface area contributed by atoms with Crippen LogP contribution >= 0.6 is 0 Å². The number of hydrogen-bond acceptors (Lipinski definition) is 5. The van der Waals surface area contributed by atoms with Crippen molar-refractivity contribution in [1.82, 2.24) is 0 Å². The predicted molar refractivity (Wildman–Crippen MR) is 174 cm³/mol. The van der Waals surface area contributed by atoms with E-state index in [-0.39, 0.29) is 44.0 Å². The van der Waals surface area contributed by atoms with Crippen LogP contribution < -0.4 is 0 Å². The Morgan fingerprint density at radius 3 is 2.16 bits per heavy atom. The molecule has 0 N–H and O–H groups in total. The molecule has 0 aromatic heterocycles. The molecule has 0 amide bonds. The van der Waals surface area contributed by atoms with Gasteiger partial charge < -0.3 is 4.74 Å². The van der Waals surface area contributed by atoms with Crippen molar-refractivity contribution in [2.24, 2.45) is 56.7 Å². The number of allylic oxidation sites excluding steroid dienone is 1. The second-order valence-corrected chi connectivity index (χ2v) is 18.6. The van der Waals surface area contributed by atoms with E-state index in [1.807, 2.05) is 19.1 Å². The first kappa shape index (κ1) is 32.3. The van der Waals surface area contributed by atoms with Crippen molar-refractivity contribution >= 4 is 16.1 Å². The molecule has 244 valence electrons. The molecule has 5 aliphatic carbocycles. The minimum absolute atomic E-state index is 0.0110. The molecule has 5 fully saturated rings. The van der Waals surface area contributed by atoms with Crippen molar-refractivity contribution < 1.29 is 22.1 Å². The van der Waals surface area contributed by atoms with Crippen LogP contribution in [0.3, 0.4) is 0 Å². The number of benzene rings is 1. The number of fused-ring (bicyclic) bond motifs is 7. The summed E-state index contributed by atoms with van der Waals surface area (Å²) in [6.07, 6.45) is 9.90. The number of carbonyl (C=O) groups is 1. The Kier molecular flexibility index (Phi) is 7.65. The van der Waals surface area contributed by atoms with Gasteiger partial charge in [-0.25, -0.2) is 0 Å². The maximum Gasteiger partial charge on any atom is 0.312 e. The van der Waals surface area contributed by atoms with Crippen molar-refractivity contribution in [3.05, 3.63) is 42.0 Å². The second kappa shape index (κ2) is 10.4. The Balaban J connectivity index is 1.30. The van der Waals surface area contributed by atoms with Crippen LogP contribution in [0.4, 0.5) is 0 Å². The molecular formula is C38H56O5S. The average Bonchev–Trinajstić information content (AvgIpc) is 3.36. The standard InChI is InChI=1S/C38H56O5S/c1-24(2)27-16-21-38(33(39)42-9)23-22-36(7)28(32(27)38)14-15-30-35(6)19-18-31(34(4,5)29(35)17-20-37(30,36)8)43-44(40,41)26-12-10-25(3)11-13-26/h10-13,27-32H,1,14-23H2,2-9H3/t27-,28+,29+,30+,31-,32-,35-,36+,37+,38-/m0/s1. The largest absolute Gasteiger partial charge is 0.469 e. The van der Waals surface area contributed by atoms with Crippen molar-refractivity contribution in [1.29, 1.82) is 0 Å². The summed E-state index contributed by atoms with van der Waals surface area (Å²) in [5.41, 5.74) is 2.02. The number of ether oxygens (including phenoxy) is 1. The molecule has 5 aliphatic rings. The van der Waals surface area contributed by atoms with Gasteiger partial charge in [0.25, 0.3) is 10.1 Å². The molecule has 1 aromatic rings. The molecule has 0 saturated heterocycles. The van der Waals surface area contributed by atoms with Gasteiger partial charge in [0.1, 0.15) is 0 Å². The lowest BCUT2D eigenvalue weighted by Gasteiger charge is -2.72. The molecule has 6 rings (SSSR count). The van der Waals surface area contributed by atoms with E-state index in [1.54, 1.807) is 19.2 Å². The predicted octanol–water partition coefficient (Wildman–Crippen LogP) is 8.90. The highest BCUT2D eigenvalue weighted by Gasteiger charge is 2.72. The average molecular weight is 625 g/mol. The molecule has 6 heteroatoms. The molecule has 1 aromatic carbocycles. The van der Waals surface area contributed by atoms with Crippen molar-refractivity contribution in [3.8, 4) is 0 Å². The van der Waals surface area contributed by atoms with Gasteiger partial charge in [0.2, 0.25) is 0 Å². The summed E-state index contributed by atoms with van der Waals surface area (Å²) in [7, 11) is -2.27. The third kappa shape index (κ3) is 4.31. The molecular weight excluding hydrogens is 568 g/mol. The van der Waals surface area contributed by atoms with Gasteiger partial charge in [0.15, 0.2) is 0 Å². The van der Waals surface area contributed by atoms with Gasteiger partial charge in [0.05, 0.1) is 23.5 Å². The van der Waals surface area contributed by atoms with Gasteiger partial charge in [-0.05, 0) is 141 Å². The minimum Gasteiger partial charge on any atom is -0.469 e. The van der Waals surface area contributed by atoms with Crippen molar-refractivity contribution in [2.75, 3.05) is 7.11 Å². The lowest BCUT2D eigenvalue weighted by molar-refractivity contribution is -0.246. The fraction of sp³-hybridized carbons (Fsp3) is 0.763. The summed E-state index contributed by atoms with van der Waals surface area (Å²) < 4.78 is 38.5. The molecule has 0 aliphatic heterocycles. The van der Waals surface area contributed by atoms with Crippen molar-refractivity contribution in [2.45, 2.75) is 124 Å². The third-order valence-corrected chi connectivity index (χ3v) is 16.5. The molecule has 0 heterocycles. The zero-order valence-electron chi connectivity index (χ0n) is 28.5. The molecule has 0 bridgehead atoms. The fourth-order valence-corrected chi connectivity index (χ4v) is 14.0. The van der Waals surface area contributed by atoms with Crippen LogP contribution in [0.1, 0.15) is 111 Å². The van der Waals surface area contributed by atoms with Gasteiger partial charge in [-0.15, -0.1) is 0 Å². The lowest BCUT2D eigenvalue weighted by atomic mass is 9.32. The second-order valence-electron chi connectivity index (χ2n) is 17.0. The number of aryl methyl sites for hydroxylation is 1. The van der Waals surface area contributed by atoms with E-state index in [0.29, 0.717) is 29.6 Å². The molecule has 44 heavy (non-hydrogen) atoms.